The smallest absolute Gasteiger partial charge is 0.0468 e. The maximum Gasteiger partial charge on any atom is 0.0468 e. The van der Waals surface area contributed by atoms with Crippen LogP contribution >= 0.6 is 0 Å². The molecule has 0 aliphatic carbocycles. The first-order valence-corrected chi connectivity index (χ1v) is 4.70. The molecule has 1 nitrogen and oxygen atoms in total. The van der Waals surface area contributed by atoms with E-state index in [0.717, 1.165) is 25.0 Å². The summed E-state index contributed by atoms with van der Waals surface area (Å²) < 4.78 is 5.46. The van der Waals surface area contributed by atoms with Crippen molar-refractivity contribution in [3.8, 4) is 0 Å². The van der Waals surface area contributed by atoms with Crippen LogP contribution in [0.25, 0.3) is 0 Å². The van der Waals surface area contributed by atoms with E-state index in [1.54, 1.807) is 0 Å². The molecule has 0 fully saturated rings. The fourth-order valence-electron chi connectivity index (χ4n) is 0.740. The summed E-state index contributed by atoms with van der Waals surface area (Å²) in [5.41, 5.74) is 0. The van der Waals surface area contributed by atoms with Crippen LogP contribution < -0.4 is 24.0 Å². The Morgan fingerprint density at radius 1 is 0.833 bits per heavy atom. The second kappa shape index (κ2) is 9.78. The van der Waals surface area contributed by atoms with Crippen molar-refractivity contribution in [3.05, 3.63) is 0 Å². The lowest BCUT2D eigenvalue weighted by molar-refractivity contribution is -0.00000414. The molecule has 0 bridgehead atoms. The summed E-state index contributed by atoms with van der Waals surface area (Å²) in [6.45, 7) is 10.8. The largest absolute Gasteiger partial charge is 1.00 e. The summed E-state index contributed by atoms with van der Waals surface area (Å²) in [5.74, 6) is 1.54. The van der Waals surface area contributed by atoms with Gasteiger partial charge in [0.25, 0.3) is 0 Å². The fraction of sp³-hybridized carbons (Fsp3) is 1.00. The first kappa shape index (κ1) is 15.2. The average molecular weight is 285 g/mol. The molecule has 2 heteroatoms. The van der Waals surface area contributed by atoms with Gasteiger partial charge in [-0.3, -0.25) is 0 Å². The monoisotopic (exact) mass is 285 g/mol. The maximum atomic E-state index is 5.46. The summed E-state index contributed by atoms with van der Waals surface area (Å²) in [7, 11) is 0. The number of hydrogen-bond acceptors (Lipinski definition) is 1. The van der Waals surface area contributed by atoms with Crippen molar-refractivity contribution in [3.63, 3.8) is 0 Å². The molecule has 76 valence electrons. The van der Waals surface area contributed by atoms with Crippen molar-refractivity contribution in [2.45, 2.75) is 40.5 Å². The standard InChI is InChI=1S/C10H22O.HI/c1-9(2)5-7-11-8-6-10(3)4;/h9-10H,5-8H2,1-4H3;1H/p-1. The van der Waals surface area contributed by atoms with Gasteiger partial charge in [-0.15, -0.1) is 0 Å². The highest BCUT2D eigenvalue weighted by molar-refractivity contribution is 4.45. The molecule has 0 aliphatic rings. The second-order valence-electron chi connectivity index (χ2n) is 3.98. The minimum Gasteiger partial charge on any atom is -1.00 e. The fourth-order valence-corrected chi connectivity index (χ4v) is 0.740. The first-order chi connectivity index (χ1) is 5.13. The average Bonchev–Trinajstić information content (AvgIpc) is 1.85. The van der Waals surface area contributed by atoms with Crippen LogP contribution in [0.4, 0.5) is 0 Å². The highest BCUT2D eigenvalue weighted by atomic mass is 127. The Morgan fingerprint density at radius 2 is 1.17 bits per heavy atom. The zero-order valence-corrected chi connectivity index (χ0v) is 10.9. The van der Waals surface area contributed by atoms with Crippen molar-refractivity contribution in [2.24, 2.45) is 11.8 Å². The summed E-state index contributed by atoms with van der Waals surface area (Å²) in [6, 6.07) is 0. The van der Waals surface area contributed by atoms with Crippen LogP contribution in [0.5, 0.6) is 0 Å². The van der Waals surface area contributed by atoms with E-state index >= 15 is 0 Å². The Morgan fingerprint density at radius 3 is 1.42 bits per heavy atom. The molecule has 0 aliphatic heterocycles. The van der Waals surface area contributed by atoms with E-state index in [0.29, 0.717) is 0 Å². The van der Waals surface area contributed by atoms with E-state index in [1.807, 2.05) is 0 Å². The van der Waals surface area contributed by atoms with Crippen LogP contribution in [0.15, 0.2) is 0 Å². The molecule has 0 amide bonds. The molecule has 0 rings (SSSR count). The van der Waals surface area contributed by atoms with E-state index in [-0.39, 0.29) is 24.0 Å². The lowest BCUT2D eigenvalue weighted by atomic mass is 10.1. The number of halogens is 1. The highest BCUT2D eigenvalue weighted by Gasteiger charge is 1.95. The van der Waals surface area contributed by atoms with Gasteiger partial charge in [-0.05, 0) is 24.7 Å². The van der Waals surface area contributed by atoms with Crippen LogP contribution in [0.1, 0.15) is 40.5 Å². The molecule has 12 heavy (non-hydrogen) atoms. The highest BCUT2D eigenvalue weighted by Crippen LogP contribution is 2.02. The molecule has 0 saturated heterocycles. The summed E-state index contributed by atoms with van der Waals surface area (Å²) in [4.78, 5) is 0. The van der Waals surface area contributed by atoms with Gasteiger partial charge in [-0.2, -0.15) is 0 Å². The molecule has 0 unspecified atom stereocenters. The van der Waals surface area contributed by atoms with Gasteiger partial charge in [0.2, 0.25) is 0 Å². The predicted octanol–water partition coefficient (Wildman–Crippen LogP) is 0.0992. The zero-order valence-electron chi connectivity index (χ0n) is 8.77. The van der Waals surface area contributed by atoms with Gasteiger partial charge in [-0.25, -0.2) is 0 Å². The molecule has 0 aromatic rings. The first-order valence-electron chi connectivity index (χ1n) is 4.70. The Kier molecular flexibility index (Phi) is 12.4. The third kappa shape index (κ3) is 13.3. The number of hydrogen-bond donors (Lipinski definition) is 0. The second-order valence-corrected chi connectivity index (χ2v) is 3.98. The Bertz CT molecular complexity index is 71.9. The Balaban J connectivity index is 0. The quantitative estimate of drug-likeness (QED) is 0.497. The molecule has 0 heterocycles. The van der Waals surface area contributed by atoms with E-state index in [9.17, 15) is 0 Å². The van der Waals surface area contributed by atoms with Crippen molar-refractivity contribution in [1.82, 2.24) is 0 Å². The summed E-state index contributed by atoms with van der Waals surface area (Å²) >= 11 is 0. The molecule has 0 aromatic heterocycles. The molecule has 0 spiro atoms. The van der Waals surface area contributed by atoms with Crippen LogP contribution in [0.3, 0.4) is 0 Å². The van der Waals surface area contributed by atoms with Gasteiger partial charge in [-0.1, -0.05) is 27.7 Å². The summed E-state index contributed by atoms with van der Waals surface area (Å²) in [6.07, 6.45) is 2.39. The van der Waals surface area contributed by atoms with Crippen molar-refractivity contribution < 1.29 is 28.7 Å². The van der Waals surface area contributed by atoms with Gasteiger partial charge in [0.15, 0.2) is 0 Å². The normalized spacial score (nSPS) is 10.5. The third-order valence-corrected chi connectivity index (χ3v) is 1.68. The van der Waals surface area contributed by atoms with Gasteiger partial charge in [0.05, 0.1) is 0 Å². The lowest BCUT2D eigenvalue weighted by Gasteiger charge is -2.07. The minimum absolute atomic E-state index is 0. The molecule has 0 saturated carbocycles. The number of ether oxygens (including phenoxy) is 1. The van der Waals surface area contributed by atoms with Gasteiger partial charge in [0.1, 0.15) is 0 Å². The van der Waals surface area contributed by atoms with E-state index in [1.165, 1.54) is 12.8 Å². The van der Waals surface area contributed by atoms with Crippen molar-refractivity contribution >= 4 is 0 Å². The Hall–Kier alpha value is 0.690. The SMILES string of the molecule is CC(C)CCOCCC(C)C.[I-]. The molecule has 0 aromatic carbocycles. The molecular weight excluding hydrogens is 263 g/mol. The molecule has 0 N–H and O–H groups in total. The van der Waals surface area contributed by atoms with E-state index in [4.69, 9.17) is 4.74 Å². The minimum atomic E-state index is 0. The Labute approximate surface area is 94.3 Å². The van der Waals surface area contributed by atoms with Crippen molar-refractivity contribution in [2.75, 3.05) is 13.2 Å². The van der Waals surface area contributed by atoms with E-state index < -0.39 is 0 Å². The van der Waals surface area contributed by atoms with Gasteiger partial charge >= 0.3 is 0 Å². The molecule has 0 atom stereocenters. The van der Waals surface area contributed by atoms with Crippen LogP contribution in [-0.4, -0.2) is 13.2 Å². The lowest BCUT2D eigenvalue weighted by Crippen LogP contribution is -3.00. The third-order valence-electron chi connectivity index (χ3n) is 1.68. The van der Waals surface area contributed by atoms with Crippen LogP contribution in [0.2, 0.25) is 0 Å². The zero-order chi connectivity index (χ0) is 8.69. The maximum absolute atomic E-state index is 5.46. The van der Waals surface area contributed by atoms with E-state index in [2.05, 4.69) is 27.7 Å². The number of rotatable bonds is 6. The summed E-state index contributed by atoms with van der Waals surface area (Å²) in [5, 5.41) is 0. The molecular formula is C10H22IO-. The van der Waals surface area contributed by atoms with Gasteiger partial charge in [0, 0.05) is 13.2 Å². The topological polar surface area (TPSA) is 9.23 Å². The predicted molar refractivity (Wildman–Crippen MR) is 49.7 cm³/mol. The van der Waals surface area contributed by atoms with Crippen LogP contribution in [-0.2, 0) is 4.74 Å². The van der Waals surface area contributed by atoms with Gasteiger partial charge < -0.3 is 28.7 Å². The van der Waals surface area contributed by atoms with Crippen LogP contribution in [0, 0.1) is 11.8 Å². The molecule has 0 radical (unpaired) electrons. The van der Waals surface area contributed by atoms with Crippen molar-refractivity contribution in [1.29, 1.82) is 0 Å².